The number of hydrogen-bond donors (Lipinski definition) is 1. The van der Waals surface area contributed by atoms with Gasteiger partial charge in [-0.3, -0.25) is 19.6 Å². The van der Waals surface area contributed by atoms with Crippen molar-refractivity contribution >= 4 is 23.4 Å². The van der Waals surface area contributed by atoms with Gasteiger partial charge in [0.2, 0.25) is 5.69 Å². The summed E-state index contributed by atoms with van der Waals surface area (Å²) in [6, 6.07) is 8.96. The zero-order chi connectivity index (χ0) is 25.7. The molecule has 4 fully saturated rings. The van der Waals surface area contributed by atoms with Gasteiger partial charge in [-0.15, -0.1) is 0 Å². The Kier molecular flexibility index (Phi) is 5.58. The first-order valence-corrected chi connectivity index (χ1v) is 12.7. The number of hydrogen-bond acceptors (Lipinski definition) is 7. The van der Waals surface area contributed by atoms with Crippen LogP contribution in [-0.2, 0) is 10.3 Å². The van der Waals surface area contributed by atoms with Gasteiger partial charge in [-0.1, -0.05) is 18.2 Å². The lowest BCUT2D eigenvalue weighted by Gasteiger charge is -2.56. The molecule has 4 bridgehead atoms. The number of carbonyl (C=O) groups excluding carboxylic acids is 2. The first kappa shape index (κ1) is 23.4. The van der Waals surface area contributed by atoms with E-state index in [2.05, 4.69) is 15.5 Å². The standard InChI is InChI=1S/C26H28N6O5/c1-2-37-25(34)20-14-27-31(19-6-4-3-5-7-19)23(20)28-24(33)22-21(32(35)36)15-30(29-22)26-11-16-8-17(12-26)10-18(9-16)13-26/h3-7,14-18H,2,8-13H2,1H3,(H,28,33). The minimum Gasteiger partial charge on any atom is -0.462 e. The number of para-hydroxylation sites is 1. The molecular formula is C26H28N6O5. The summed E-state index contributed by atoms with van der Waals surface area (Å²) in [5, 5.41) is 23.5. The number of rotatable bonds is 7. The lowest BCUT2D eigenvalue weighted by molar-refractivity contribution is -0.385. The van der Waals surface area contributed by atoms with Crippen LogP contribution in [0.5, 0.6) is 0 Å². The second-order valence-corrected chi connectivity index (χ2v) is 10.5. The highest BCUT2D eigenvalue weighted by Gasteiger charge is 2.53. The van der Waals surface area contributed by atoms with E-state index in [1.807, 2.05) is 6.07 Å². The van der Waals surface area contributed by atoms with Crippen LogP contribution in [-0.4, -0.2) is 43.0 Å². The molecule has 11 nitrogen and oxygen atoms in total. The van der Waals surface area contributed by atoms with Crippen LogP contribution in [0.2, 0.25) is 0 Å². The van der Waals surface area contributed by atoms with Crippen molar-refractivity contribution in [2.24, 2.45) is 17.8 Å². The lowest BCUT2D eigenvalue weighted by atomic mass is 9.53. The van der Waals surface area contributed by atoms with Gasteiger partial charge < -0.3 is 10.1 Å². The van der Waals surface area contributed by atoms with E-state index in [1.165, 1.54) is 36.3 Å². The third-order valence-corrected chi connectivity index (χ3v) is 8.10. The quantitative estimate of drug-likeness (QED) is 0.287. The molecular weight excluding hydrogens is 476 g/mol. The number of aromatic nitrogens is 4. The Morgan fingerprint density at radius 3 is 2.38 bits per heavy atom. The Hall–Kier alpha value is -4.02. The van der Waals surface area contributed by atoms with Crippen LogP contribution >= 0.6 is 0 Å². The van der Waals surface area contributed by atoms with E-state index in [1.54, 1.807) is 35.9 Å². The third-order valence-electron chi connectivity index (χ3n) is 8.10. The normalized spacial score (nSPS) is 25.7. The van der Waals surface area contributed by atoms with Crippen molar-refractivity contribution in [3.8, 4) is 5.69 Å². The van der Waals surface area contributed by atoms with E-state index < -0.39 is 16.8 Å². The van der Waals surface area contributed by atoms with Gasteiger partial charge in [-0.05, 0) is 75.3 Å². The number of nitrogens with one attached hydrogen (secondary N) is 1. The molecule has 0 unspecified atom stereocenters. The Morgan fingerprint density at radius 1 is 1.14 bits per heavy atom. The molecule has 1 N–H and O–H groups in total. The number of anilines is 1. The third kappa shape index (κ3) is 3.98. The van der Waals surface area contributed by atoms with Crippen LogP contribution in [0.3, 0.4) is 0 Å². The van der Waals surface area contributed by atoms with Crippen LogP contribution in [0.4, 0.5) is 11.5 Å². The molecule has 7 rings (SSSR count). The molecule has 2 aromatic heterocycles. The zero-order valence-corrected chi connectivity index (χ0v) is 20.5. The molecule has 2 heterocycles. The topological polar surface area (TPSA) is 134 Å². The molecule has 37 heavy (non-hydrogen) atoms. The predicted octanol–water partition coefficient (Wildman–Crippen LogP) is 4.33. The summed E-state index contributed by atoms with van der Waals surface area (Å²) in [6.07, 6.45) is 9.19. The Balaban J connectivity index is 1.37. The maximum Gasteiger partial charge on any atom is 0.343 e. The molecule has 4 saturated carbocycles. The summed E-state index contributed by atoms with van der Waals surface area (Å²) in [5.74, 6) is 0.456. The summed E-state index contributed by atoms with van der Waals surface area (Å²) in [7, 11) is 0. The van der Waals surface area contributed by atoms with Gasteiger partial charge in [0.15, 0.2) is 5.82 Å². The van der Waals surface area contributed by atoms with E-state index in [4.69, 9.17) is 4.74 Å². The van der Waals surface area contributed by atoms with Crippen molar-refractivity contribution in [1.82, 2.24) is 19.6 Å². The fourth-order valence-corrected chi connectivity index (χ4v) is 7.01. The average Bonchev–Trinajstić information content (AvgIpc) is 3.50. The predicted molar refractivity (Wildman–Crippen MR) is 133 cm³/mol. The van der Waals surface area contributed by atoms with Crippen LogP contribution in [0, 0.1) is 27.9 Å². The van der Waals surface area contributed by atoms with Gasteiger partial charge in [-0.2, -0.15) is 10.2 Å². The van der Waals surface area contributed by atoms with E-state index in [9.17, 15) is 19.7 Å². The van der Waals surface area contributed by atoms with E-state index >= 15 is 0 Å². The molecule has 4 aliphatic rings. The van der Waals surface area contributed by atoms with Crippen molar-refractivity contribution in [2.75, 3.05) is 11.9 Å². The minimum atomic E-state index is -0.779. The molecule has 0 spiro atoms. The largest absolute Gasteiger partial charge is 0.462 e. The minimum absolute atomic E-state index is 0.0437. The molecule has 0 aliphatic heterocycles. The Labute approximate surface area is 212 Å². The average molecular weight is 505 g/mol. The number of carbonyl (C=O) groups is 2. The zero-order valence-electron chi connectivity index (χ0n) is 20.5. The van der Waals surface area contributed by atoms with E-state index in [0.717, 1.165) is 19.3 Å². The van der Waals surface area contributed by atoms with Gasteiger partial charge in [0, 0.05) is 0 Å². The van der Waals surface area contributed by atoms with Gasteiger partial charge in [0.25, 0.3) is 5.91 Å². The maximum atomic E-state index is 13.5. The molecule has 11 heteroatoms. The fourth-order valence-electron chi connectivity index (χ4n) is 7.01. The fraction of sp³-hybridized carbons (Fsp3) is 0.462. The molecule has 4 aliphatic carbocycles. The van der Waals surface area contributed by atoms with Gasteiger partial charge in [0.05, 0.1) is 29.0 Å². The number of nitro groups is 1. The molecule has 0 saturated heterocycles. The lowest BCUT2D eigenvalue weighted by Crippen LogP contribution is -2.52. The first-order chi connectivity index (χ1) is 17.9. The highest BCUT2D eigenvalue weighted by atomic mass is 16.6. The SMILES string of the molecule is CCOC(=O)c1cnn(-c2ccccc2)c1NC(=O)c1nn(C23CC4CC(CC(C4)C2)C3)cc1[N+](=O)[O-]. The van der Waals surface area contributed by atoms with E-state index in [-0.39, 0.29) is 34.9 Å². The second-order valence-electron chi connectivity index (χ2n) is 10.5. The first-order valence-electron chi connectivity index (χ1n) is 12.7. The van der Waals surface area contributed by atoms with Crippen molar-refractivity contribution in [1.29, 1.82) is 0 Å². The summed E-state index contributed by atoms with van der Waals surface area (Å²) in [6.45, 7) is 1.82. The van der Waals surface area contributed by atoms with Gasteiger partial charge in [-0.25, -0.2) is 9.48 Å². The number of nitrogens with zero attached hydrogens (tertiary/aromatic N) is 5. The van der Waals surface area contributed by atoms with Crippen LogP contribution in [0.1, 0.15) is 66.3 Å². The summed E-state index contributed by atoms with van der Waals surface area (Å²) >= 11 is 0. The highest BCUT2D eigenvalue weighted by molar-refractivity contribution is 6.08. The molecule has 1 amide bonds. The summed E-state index contributed by atoms with van der Waals surface area (Å²) in [4.78, 5) is 37.5. The monoisotopic (exact) mass is 504 g/mol. The molecule has 0 atom stereocenters. The van der Waals surface area contributed by atoms with Crippen molar-refractivity contribution < 1.29 is 19.2 Å². The summed E-state index contributed by atoms with van der Waals surface area (Å²) < 4.78 is 8.23. The molecule has 1 aromatic carbocycles. The Morgan fingerprint density at radius 2 is 1.78 bits per heavy atom. The number of ether oxygens (including phenoxy) is 1. The van der Waals surface area contributed by atoms with Crippen LogP contribution < -0.4 is 5.32 Å². The maximum absolute atomic E-state index is 13.5. The van der Waals surface area contributed by atoms with Crippen molar-refractivity contribution in [2.45, 2.75) is 51.0 Å². The molecule has 192 valence electrons. The van der Waals surface area contributed by atoms with Crippen molar-refractivity contribution in [3.05, 3.63) is 64.1 Å². The van der Waals surface area contributed by atoms with Crippen molar-refractivity contribution in [3.63, 3.8) is 0 Å². The smallest absolute Gasteiger partial charge is 0.343 e. The van der Waals surface area contributed by atoms with E-state index in [0.29, 0.717) is 23.4 Å². The van der Waals surface area contributed by atoms with Crippen LogP contribution in [0.25, 0.3) is 5.69 Å². The van der Waals surface area contributed by atoms with Gasteiger partial charge >= 0.3 is 11.7 Å². The Bertz CT molecular complexity index is 1340. The number of benzene rings is 1. The number of amides is 1. The molecule has 0 radical (unpaired) electrons. The number of esters is 1. The second kappa shape index (κ2) is 8.82. The van der Waals surface area contributed by atoms with Gasteiger partial charge in [0.1, 0.15) is 11.8 Å². The van der Waals surface area contributed by atoms with Crippen LogP contribution in [0.15, 0.2) is 42.7 Å². The highest BCUT2D eigenvalue weighted by Crippen LogP contribution is 2.58. The summed E-state index contributed by atoms with van der Waals surface area (Å²) in [5.41, 5.74) is -0.267. The molecule has 3 aromatic rings.